The van der Waals surface area contributed by atoms with Gasteiger partial charge in [-0.25, -0.2) is 4.98 Å². The third-order valence-electron chi connectivity index (χ3n) is 4.69. The molecule has 4 rings (SSSR count). The number of hydrogen-bond acceptors (Lipinski definition) is 6. The first kappa shape index (κ1) is 19.0. The van der Waals surface area contributed by atoms with E-state index in [1.165, 1.54) is 12.1 Å². The van der Waals surface area contributed by atoms with E-state index < -0.39 is 0 Å². The summed E-state index contributed by atoms with van der Waals surface area (Å²) < 4.78 is 5.33. The van der Waals surface area contributed by atoms with Crippen molar-refractivity contribution in [3.63, 3.8) is 0 Å². The van der Waals surface area contributed by atoms with Crippen molar-refractivity contribution in [1.29, 1.82) is 0 Å². The summed E-state index contributed by atoms with van der Waals surface area (Å²) >= 11 is 1.64. The number of benzene rings is 2. The van der Waals surface area contributed by atoms with Crippen LogP contribution in [0, 0.1) is 10.1 Å². The van der Waals surface area contributed by atoms with Gasteiger partial charge in [0.15, 0.2) is 0 Å². The van der Waals surface area contributed by atoms with Crippen LogP contribution in [0.3, 0.4) is 0 Å². The van der Waals surface area contributed by atoms with Gasteiger partial charge in [0.05, 0.1) is 23.2 Å². The lowest BCUT2D eigenvalue weighted by atomic mass is 10.0. The quantitative estimate of drug-likeness (QED) is 0.339. The number of rotatable bonds is 7. The summed E-state index contributed by atoms with van der Waals surface area (Å²) in [5.74, 6) is 0.783. The third-order valence-corrected chi connectivity index (χ3v) is 5.37. The van der Waals surface area contributed by atoms with Crippen molar-refractivity contribution in [1.82, 2.24) is 10.3 Å². The molecule has 29 heavy (non-hydrogen) atoms. The minimum absolute atomic E-state index is 0.0997. The molecule has 0 fully saturated rings. The fourth-order valence-corrected chi connectivity index (χ4v) is 3.82. The number of ether oxygens (including phenoxy) is 1. The molecule has 0 spiro atoms. The number of non-ortho nitro benzene ring substituents is 1. The highest BCUT2D eigenvalue weighted by Crippen LogP contribution is 2.29. The lowest BCUT2D eigenvalue weighted by molar-refractivity contribution is -0.384. The molecule has 4 aromatic rings. The van der Waals surface area contributed by atoms with E-state index >= 15 is 0 Å². The van der Waals surface area contributed by atoms with Gasteiger partial charge >= 0.3 is 0 Å². The largest absolute Gasteiger partial charge is 0.497 e. The molecular weight excluding hydrogens is 386 g/mol. The van der Waals surface area contributed by atoms with Crippen molar-refractivity contribution in [2.75, 3.05) is 7.11 Å². The fourth-order valence-electron chi connectivity index (χ4n) is 3.18. The van der Waals surface area contributed by atoms with Gasteiger partial charge in [0.1, 0.15) is 5.75 Å². The lowest BCUT2D eigenvalue weighted by Crippen LogP contribution is -2.14. The predicted molar refractivity (Wildman–Crippen MR) is 115 cm³/mol. The zero-order valence-electron chi connectivity index (χ0n) is 15.8. The number of methoxy groups -OCH3 is 1. The first-order valence-electron chi connectivity index (χ1n) is 9.08. The van der Waals surface area contributed by atoms with Crippen LogP contribution in [-0.2, 0) is 13.1 Å². The maximum atomic E-state index is 10.8. The monoisotopic (exact) mass is 405 g/mol. The predicted octanol–water partition coefficient (Wildman–Crippen LogP) is 5.17. The topological polar surface area (TPSA) is 77.3 Å². The van der Waals surface area contributed by atoms with Crippen molar-refractivity contribution in [2.24, 2.45) is 0 Å². The van der Waals surface area contributed by atoms with Crippen LogP contribution in [-0.4, -0.2) is 17.0 Å². The zero-order valence-corrected chi connectivity index (χ0v) is 16.6. The maximum Gasteiger partial charge on any atom is 0.269 e. The highest BCUT2D eigenvalue weighted by Gasteiger charge is 2.11. The summed E-state index contributed by atoms with van der Waals surface area (Å²) in [4.78, 5) is 15.3. The minimum Gasteiger partial charge on any atom is -0.497 e. The van der Waals surface area contributed by atoms with E-state index in [-0.39, 0.29) is 10.6 Å². The molecule has 0 radical (unpaired) electrons. The molecule has 0 aliphatic carbocycles. The number of fused-ring (bicyclic) bond motifs is 1. The number of nitrogens with one attached hydrogen (secondary N) is 1. The Morgan fingerprint density at radius 1 is 1.10 bits per heavy atom. The van der Waals surface area contributed by atoms with Crippen molar-refractivity contribution < 1.29 is 9.66 Å². The zero-order chi connectivity index (χ0) is 20.2. The van der Waals surface area contributed by atoms with Crippen molar-refractivity contribution in [2.45, 2.75) is 13.1 Å². The first-order chi connectivity index (χ1) is 14.1. The maximum absolute atomic E-state index is 10.8. The molecular formula is C22H19N3O3S. The third kappa shape index (κ3) is 4.26. The summed E-state index contributed by atoms with van der Waals surface area (Å²) in [6.07, 6.45) is 0. The number of hydrogen-bond donors (Lipinski definition) is 1. The van der Waals surface area contributed by atoms with Crippen LogP contribution in [0.5, 0.6) is 5.75 Å². The van der Waals surface area contributed by atoms with Crippen LogP contribution in [0.15, 0.2) is 65.4 Å². The van der Waals surface area contributed by atoms with E-state index in [1.54, 1.807) is 30.6 Å². The minimum atomic E-state index is -0.389. The molecule has 6 nitrogen and oxygen atoms in total. The molecule has 0 aliphatic rings. The molecule has 0 unspecified atom stereocenters. The van der Waals surface area contributed by atoms with Gasteiger partial charge in [0, 0.05) is 47.6 Å². The Morgan fingerprint density at radius 3 is 2.62 bits per heavy atom. The molecule has 1 N–H and O–H groups in total. The van der Waals surface area contributed by atoms with Gasteiger partial charge in [0.25, 0.3) is 5.69 Å². The van der Waals surface area contributed by atoms with E-state index in [0.29, 0.717) is 13.1 Å². The van der Waals surface area contributed by atoms with Crippen molar-refractivity contribution in [3.05, 3.63) is 86.6 Å². The first-order valence-corrected chi connectivity index (χ1v) is 10.0. The average molecular weight is 405 g/mol. The molecule has 0 saturated carbocycles. The van der Waals surface area contributed by atoms with E-state index in [0.717, 1.165) is 39.0 Å². The summed E-state index contributed by atoms with van der Waals surface area (Å²) in [6.45, 7) is 1.25. The Balaban J connectivity index is 1.58. The molecule has 0 atom stereocenters. The van der Waals surface area contributed by atoms with E-state index in [9.17, 15) is 10.1 Å². The Morgan fingerprint density at radius 2 is 1.93 bits per heavy atom. The van der Waals surface area contributed by atoms with Gasteiger partial charge in [-0.1, -0.05) is 12.1 Å². The van der Waals surface area contributed by atoms with Gasteiger partial charge in [-0.3, -0.25) is 10.1 Å². The summed E-state index contributed by atoms with van der Waals surface area (Å²) in [7, 11) is 1.65. The van der Waals surface area contributed by atoms with E-state index in [4.69, 9.17) is 9.72 Å². The van der Waals surface area contributed by atoms with Gasteiger partial charge in [-0.2, -0.15) is 11.3 Å². The second-order valence-corrected chi connectivity index (χ2v) is 7.37. The molecule has 0 saturated heterocycles. The Hall–Kier alpha value is -3.29. The van der Waals surface area contributed by atoms with E-state index in [2.05, 4.69) is 22.8 Å². The smallest absolute Gasteiger partial charge is 0.269 e. The number of nitro groups is 1. The van der Waals surface area contributed by atoms with E-state index in [1.807, 2.05) is 23.6 Å². The standard InChI is InChI=1S/C22H19N3O3S/c1-28-20-7-4-16-10-18(22(24-21(16)11-20)17-8-9-29-14-17)13-23-12-15-2-5-19(6-3-15)25(26)27/h2-11,14,23H,12-13H2,1H3. The van der Waals surface area contributed by atoms with Crippen LogP contribution in [0.25, 0.3) is 22.2 Å². The molecule has 0 bridgehead atoms. The highest BCUT2D eigenvalue weighted by atomic mass is 32.1. The highest BCUT2D eigenvalue weighted by molar-refractivity contribution is 7.08. The van der Waals surface area contributed by atoms with Gasteiger partial charge < -0.3 is 10.1 Å². The number of thiophene rings is 1. The lowest BCUT2D eigenvalue weighted by Gasteiger charge is -2.12. The second kappa shape index (κ2) is 8.38. The van der Waals surface area contributed by atoms with Crippen LogP contribution in [0.2, 0.25) is 0 Å². The van der Waals surface area contributed by atoms with Crippen molar-refractivity contribution in [3.8, 4) is 17.0 Å². The fraction of sp³-hybridized carbons (Fsp3) is 0.136. The van der Waals surface area contributed by atoms with Crippen LogP contribution in [0.4, 0.5) is 5.69 Å². The van der Waals surface area contributed by atoms with Crippen LogP contribution >= 0.6 is 11.3 Å². The number of pyridine rings is 1. The normalized spacial score (nSPS) is 10.9. The second-order valence-electron chi connectivity index (χ2n) is 6.59. The molecule has 146 valence electrons. The van der Waals surface area contributed by atoms with Crippen LogP contribution in [0.1, 0.15) is 11.1 Å². The van der Waals surface area contributed by atoms with Gasteiger partial charge in [-0.05, 0) is 40.8 Å². The Bertz CT molecular complexity index is 1140. The summed E-state index contributed by atoms with van der Waals surface area (Å²) in [6, 6.07) is 16.7. The molecule has 0 amide bonds. The van der Waals surface area contributed by atoms with Crippen LogP contribution < -0.4 is 10.1 Å². The summed E-state index contributed by atoms with van der Waals surface area (Å²) in [5, 5.41) is 19.4. The SMILES string of the molecule is COc1ccc2cc(CNCc3ccc([N+](=O)[O-])cc3)c(-c3ccsc3)nc2c1. The number of nitro benzene ring substituents is 1. The molecule has 2 aromatic heterocycles. The molecule has 2 heterocycles. The Kier molecular flexibility index (Phi) is 5.50. The molecule has 0 aliphatic heterocycles. The molecule has 7 heteroatoms. The summed E-state index contributed by atoms with van der Waals surface area (Å²) in [5.41, 5.74) is 5.12. The van der Waals surface area contributed by atoms with Gasteiger partial charge in [0.2, 0.25) is 0 Å². The van der Waals surface area contributed by atoms with Crippen molar-refractivity contribution >= 4 is 27.9 Å². The average Bonchev–Trinajstić information content (AvgIpc) is 3.28. The Labute approximate surface area is 171 Å². The number of aromatic nitrogens is 1. The van der Waals surface area contributed by atoms with Gasteiger partial charge in [-0.15, -0.1) is 0 Å². The molecule has 2 aromatic carbocycles. The number of nitrogens with zero attached hydrogens (tertiary/aromatic N) is 2.